The van der Waals surface area contributed by atoms with Gasteiger partial charge in [0.25, 0.3) is 0 Å². The van der Waals surface area contributed by atoms with Crippen LogP contribution in [0.4, 0.5) is 0 Å². The highest BCUT2D eigenvalue weighted by Gasteiger charge is 2.22. The molecule has 2 atom stereocenters. The van der Waals surface area contributed by atoms with Crippen LogP contribution < -0.4 is 0 Å². The van der Waals surface area contributed by atoms with Crippen molar-refractivity contribution in [2.45, 2.75) is 96.8 Å². The zero-order valence-corrected chi connectivity index (χ0v) is 15.5. The Balaban J connectivity index is 1.88. The first-order valence-corrected chi connectivity index (χ1v) is 10.0. The van der Waals surface area contributed by atoms with Crippen molar-refractivity contribution in [3.8, 4) is 0 Å². The lowest BCUT2D eigenvalue weighted by Crippen LogP contribution is -2.18. The van der Waals surface area contributed by atoms with Gasteiger partial charge in [-0.15, -0.1) is 0 Å². The molecule has 0 aliphatic heterocycles. The van der Waals surface area contributed by atoms with Crippen LogP contribution in [-0.4, -0.2) is 13.1 Å². The van der Waals surface area contributed by atoms with Gasteiger partial charge in [-0.25, -0.2) is 0 Å². The largest absolute Gasteiger partial charge is 0.469 e. The maximum atomic E-state index is 11.0. The Hall–Kier alpha value is -0.790. The number of rotatable bonds is 15. The fourth-order valence-electron chi connectivity index (χ4n) is 3.49. The monoisotopic (exact) mass is 322 g/mol. The normalized spacial score (nSPS) is 19.6. The molecule has 0 N–H and O–H groups in total. The van der Waals surface area contributed by atoms with Gasteiger partial charge >= 0.3 is 5.97 Å². The molecule has 2 heteroatoms. The van der Waals surface area contributed by atoms with Crippen molar-refractivity contribution < 1.29 is 9.53 Å². The molecule has 0 unspecified atom stereocenters. The Kier molecular flexibility index (Phi) is 12.0. The molecular formula is C21H38O2. The van der Waals surface area contributed by atoms with Crippen molar-refractivity contribution in [1.82, 2.24) is 0 Å². The van der Waals surface area contributed by atoms with Crippen LogP contribution in [0.15, 0.2) is 12.2 Å². The average molecular weight is 323 g/mol. The first kappa shape index (κ1) is 20.3. The Bertz CT molecular complexity index is 322. The van der Waals surface area contributed by atoms with E-state index in [9.17, 15) is 4.79 Å². The molecule has 0 spiro atoms. The Morgan fingerprint density at radius 3 is 1.74 bits per heavy atom. The molecule has 1 aliphatic carbocycles. The minimum Gasteiger partial charge on any atom is -0.469 e. The topological polar surface area (TPSA) is 26.3 Å². The number of hydrogen-bond donors (Lipinski definition) is 0. The van der Waals surface area contributed by atoms with E-state index in [0.29, 0.717) is 6.42 Å². The van der Waals surface area contributed by atoms with E-state index in [0.717, 1.165) is 24.7 Å². The van der Waals surface area contributed by atoms with E-state index in [1.54, 1.807) is 0 Å². The van der Waals surface area contributed by atoms with Crippen molar-refractivity contribution >= 4 is 5.97 Å². The maximum Gasteiger partial charge on any atom is 0.305 e. The molecule has 0 amide bonds. The van der Waals surface area contributed by atoms with Gasteiger partial charge in [-0.2, -0.15) is 0 Å². The summed E-state index contributed by atoms with van der Waals surface area (Å²) in [7, 11) is 1.47. The Morgan fingerprint density at radius 2 is 1.26 bits per heavy atom. The van der Waals surface area contributed by atoms with Crippen LogP contribution in [0, 0.1) is 11.8 Å². The van der Waals surface area contributed by atoms with Gasteiger partial charge in [-0.1, -0.05) is 83.3 Å². The van der Waals surface area contributed by atoms with Crippen LogP contribution in [0.3, 0.4) is 0 Å². The highest BCUT2D eigenvalue weighted by Crippen LogP contribution is 2.34. The van der Waals surface area contributed by atoms with Gasteiger partial charge in [0.15, 0.2) is 0 Å². The smallest absolute Gasteiger partial charge is 0.305 e. The molecule has 0 aromatic heterocycles. The molecule has 0 bridgehead atoms. The van der Waals surface area contributed by atoms with Gasteiger partial charge in [0, 0.05) is 6.42 Å². The molecule has 0 saturated heterocycles. The number of carbonyl (C=O) groups excluding carboxylic acids is 1. The second-order valence-corrected chi connectivity index (χ2v) is 7.15. The van der Waals surface area contributed by atoms with Gasteiger partial charge in [0.1, 0.15) is 0 Å². The summed E-state index contributed by atoms with van der Waals surface area (Å²) in [5.41, 5.74) is 0. The highest BCUT2D eigenvalue weighted by molar-refractivity contribution is 5.68. The lowest BCUT2D eigenvalue weighted by atomic mass is 9.76. The van der Waals surface area contributed by atoms with Crippen molar-refractivity contribution in [2.75, 3.05) is 7.11 Å². The Morgan fingerprint density at radius 1 is 0.783 bits per heavy atom. The first-order chi connectivity index (χ1) is 11.3. The van der Waals surface area contributed by atoms with Gasteiger partial charge in [-0.05, 0) is 31.1 Å². The molecule has 0 fully saturated rings. The molecule has 134 valence electrons. The summed E-state index contributed by atoms with van der Waals surface area (Å²) in [6.45, 7) is 2.28. The quantitative estimate of drug-likeness (QED) is 0.197. The van der Waals surface area contributed by atoms with Gasteiger partial charge in [0.05, 0.1) is 7.11 Å². The van der Waals surface area contributed by atoms with Gasteiger partial charge < -0.3 is 4.74 Å². The van der Waals surface area contributed by atoms with E-state index < -0.39 is 0 Å². The first-order valence-electron chi connectivity index (χ1n) is 10.0. The van der Waals surface area contributed by atoms with Crippen LogP contribution >= 0.6 is 0 Å². The Labute approximate surface area is 144 Å². The van der Waals surface area contributed by atoms with Gasteiger partial charge in [0.2, 0.25) is 0 Å². The minimum absolute atomic E-state index is 0.0675. The summed E-state index contributed by atoms with van der Waals surface area (Å²) in [6, 6.07) is 0. The predicted octanol–water partition coefficient (Wildman–Crippen LogP) is 6.44. The van der Waals surface area contributed by atoms with Crippen molar-refractivity contribution in [2.24, 2.45) is 11.8 Å². The second-order valence-electron chi connectivity index (χ2n) is 7.15. The zero-order chi connectivity index (χ0) is 16.8. The lowest BCUT2D eigenvalue weighted by Gasteiger charge is -2.29. The number of unbranched alkanes of at least 4 members (excludes halogenated alkanes) is 9. The van der Waals surface area contributed by atoms with E-state index in [2.05, 4.69) is 23.8 Å². The summed E-state index contributed by atoms with van der Waals surface area (Å²) in [4.78, 5) is 11.0. The van der Waals surface area contributed by atoms with Crippen molar-refractivity contribution in [1.29, 1.82) is 0 Å². The predicted molar refractivity (Wildman–Crippen MR) is 98.4 cm³/mol. The van der Waals surface area contributed by atoms with E-state index in [1.807, 2.05) is 0 Å². The molecule has 0 aromatic rings. The molecule has 1 rings (SSSR count). The van der Waals surface area contributed by atoms with Crippen LogP contribution in [0.5, 0.6) is 0 Å². The number of carbonyl (C=O) groups is 1. The van der Waals surface area contributed by atoms with E-state index in [1.165, 1.54) is 77.7 Å². The molecular weight excluding hydrogens is 284 g/mol. The van der Waals surface area contributed by atoms with Crippen molar-refractivity contribution in [3.05, 3.63) is 12.2 Å². The number of ether oxygens (including phenoxy) is 1. The summed E-state index contributed by atoms with van der Waals surface area (Å²) < 4.78 is 4.66. The third kappa shape index (κ3) is 9.84. The molecule has 0 radical (unpaired) electrons. The van der Waals surface area contributed by atoms with E-state index >= 15 is 0 Å². The van der Waals surface area contributed by atoms with Crippen LogP contribution in [0.1, 0.15) is 96.8 Å². The lowest BCUT2D eigenvalue weighted by molar-refractivity contribution is -0.140. The van der Waals surface area contributed by atoms with Crippen molar-refractivity contribution in [3.63, 3.8) is 0 Å². The summed E-state index contributed by atoms with van der Waals surface area (Å²) in [5, 5.41) is 0. The molecule has 23 heavy (non-hydrogen) atoms. The molecule has 2 nitrogen and oxygen atoms in total. The fraction of sp³-hybridized carbons (Fsp3) is 0.857. The van der Waals surface area contributed by atoms with Crippen LogP contribution in [0.25, 0.3) is 0 Å². The minimum atomic E-state index is -0.0675. The average Bonchev–Trinajstić information content (AvgIpc) is 2.55. The standard InChI is InChI=1S/C21H38O2/c1-3-4-5-6-8-11-14-19-17-18-20(19)15-12-9-7-10-13-16-21(22)23-2/h17-20H,3-16H2,1-2H3/t19-,20+/m0/s1. The summed E-state index contributed by atoms with van der Waals surface area (Å²) >= 11 is 0. The van der Waals surface area contributed by atoms with Crippen LogP contribution in [0.2, 0.25) is 0 Å². The SMILES string of the molecule is CCCCCCCC[C@H]1C=C[C@H]1CCCCCCCC(=O)OC. The highest BCUT2D eigenvalue weighted by atomic mass is 16.5. The van der Waals surface area contributed by atoms with E-state index in [-0.39, 0.29) is 5.97 Å². The third-order valence-corrected chi connectivity index (χ3v) is 5.19. The molecule has 0 aromatic carbocycles. The number of methoxy groups -OCH3 is 1. The summed E-state index contributed by atoms with van der Waals surface area (Å²) in [5.74, 6) is 1.67. The van der Waals surface area contributed by atoms with Gasteiger partial charge in [-0.3, -0.25) is 4.79 Å². The number of hydrogen-bond acceptors (Lipinski definition) is 2. The number of esters is 1. The number of allylic oxidation sites excluding steroid dienone is 2. The van der Waals surface area contributed by atoms with Crippen LogP contribution in [-0.2, 0) is 9.53 Å². The second kappa shape index (κ2) is 13.6. The third-order valence-electron chi connectivity index (χ3n) is 5.19. The molecule has 0 saturated carbocycles. The maximum absolute atomic E-state index is 11.0. The molecule has 0 heterocycles. The summed E-state index contributed by atoms with van der Waals surface area (Å²) in [6.07, 6.45) is 22.8. The molecule has 1 aliphatic rings. The van der Waals surface area contributed by atoms with E-state index in [4.69, 9.17) is 0 Å². The fourth-order valence-corrected chi connectivity index (χ4v) is 3.49. The zero-order valence-electron chi connectivity index (χ0n) is 15.5.